The summed E-state index contributed by atoms with van der Waals surface area (Å²) in [4.78, 5) is 0.913. The summed E-state index contributed by atoms with van der Waals surface area (Å²) < 4.78 is 0. The van der Waals surface area contributed by atoms with E-state index in [-0.39, 0.29) is 0 Å². The molecule has 0 aliphatic carbocycles. The van der Waals surface area contributed by atoms with E-state index in [1.807, 2.05) is 12.1 Å². The van der Waals surface area contributed by atoms with Crippen LogP contribution in [0.3, 0.4) is 0 Å². The van der Waals surface area contributed by atoms with Crippen LogP contribution < -0.4 is 0 Å². The van der Waals surface area contributed by atoms with Gasteiger partial charge in [0.25, 0.3) is 0 Å². The molecule has 96 valence electrons. The number of aromatic hydroxyl groups is 1. The van der Waals surface area contributed by atoms with Gasteiger partial charge in [-0.05, 0) is 25.0 Å². The molecule has 2 heteroatoms. The van der Waals surface area contributed by atoms with Crippen LogP contribution in [0.4, 0.5) is 0 Å². The Kier molecular flexibility index (Phi) is 7.18. The molecular formula is C15H24OS. The van der Waals surface area contributed by atoms with Crippen molar-refractivity contribution >= 4 is 12.6 Å². The highest BCUT2D eigenvalue weighted by atomic mass is 32.1. The zero-order valence-electron chi connectivity index (χ0n) is 10.8. The fourth-order valence-corrected chi connectivity index (χ4v) is 2.39. The van der Waals surface area contributed by atoms with E-state index in [9.17, 15) is 5.11 Å². The molecule has 1 rings (SSSR count). The van der Waals surface area contributed by atoms with E-state index in [0.29, 0.717) is 5.75 Å². The van der Waals surface area contributed by atoms with Gasteiger partial charge in [0.2, 0.25) is 0 Å². The monoisotopic (exact) mass is 252 g/mol. The lowest BCUT2D eigenvalue weighted by Crippen LogP contribution is -1.89. The zero-order chi connectivity index (χ0) is 12.5. The summed E-state index contributed by atoms with van der Waals surface area (Å²) in [5.41, 5.74) is 1.00. The smallest absolute Gasteiger partial charge is 0.119 e. The molecule has 0 saturated heterocycles. The lowest BCUT2D eigenvalue weighted by Gasteiger charge is -2.07. The maximum atomic E-state index is 9.72. The van der Waals surface area contributed by atoms with Crippen LogP contribution >= 0.6 is 12.6 Å². The Balaban J connectivity index is 2.18. The first-order valence-electron chi connectivity index (χ1n) is 6.75. The molecule has 0 bridgehead atoms. The summed E-state index contributed by atoms with van der Waals surface area (Å²) in [6, 6.07) is 5.53. The lowest BCUT2D eigenvalue weighted by molar-refractivity contribution is 0.463. The van der Waals surface area contributed by atoms with Crippen molar-refractivity contribution in [3.63, 3.8) is 0 Å². The third-order valence-corrected chi connectivity index (χ3v) is 3.58. The van der Waals surface area contributed by atoms with Crippen LogP contribution in [0.5, 0.6) is 5.75 Å². The number of unbranched alkanes of at least 4 members (excludes halogenated alkanes) is 6. The summed E-state index contributed by atoms with van der Waals surface area (Å²) >= 11 is 4.38. The number of benzene rings is 1. The lowest BCUT2D eigenvalue weighted by atomic mass is 10.0. The van der Waals surface area contributed by atoms with Gasteiger partial charge in [-0.25, -0.2) is 0 Å². The van der Waals surface area contributed by atoms with Gasteiger partial charge in [-0.1, -0.05) is 51.5 Å². The Bertz CT molecular complexity index is 302. The van der Waals surface area contributed by atoms with E-state index in [4.69, 9.17) is 0 Å². The SMILES string of the molecule is CCCCCCCCCc1c(O)cccc1S. The molecule has 0 radical (unpaired) electrons. The molecular weight excluding hydrogens is 228 g/mol. The van der Waals surface area contributed by atoms with E-state index < -0.39 is 0 Å². The van der Waals surface area contributed by atoms with Crippen molar-refractivity contribution in [1.29, 1.82) is 0 Å². The third-order valence-electron chi connectivity index (χ3n) is 3.16. The Hall–Kier alpha value is -0.630. The van der Waals surface area contributed by atoms with Crippen molar-refractivity contribution < 1.29 is 5.11 Å². The molecule has 1 nitrogen and oxygen atoms in total. The Morgan fingerprint density at radius 1 is 1.00 bits per heavy atom. The van der Waals surface area contributed by atoms with Crippen LogP contribution in [0.2, 0.25) is 0 Å². The highest BCUT2D eigenvalue weighted by molar-refractivity contribution is 7.80. The third kappa shape index (κ3) is 5.49. The molecule has 0 saturated carbocycles. The minimum atomic E-state index is 0.392. The Morgan fingerprint density at radius 2 is 1.65 bits per heavy atom. The van der Waals surface area contributed by atoms with Gasteiger partial charge in [-0.2, -0.15) is 0 Å². The second-order valence-corrected chi connectivity index (χ2v) is 5.13. The van der Waals surface area contributed by atoms with Crippen molar-refractivity contribution in [3.05, 3.63) is 23.8 Å². The summed E-state index contributed by atoms with van der Waals surface area (Å²) in [5, 5.41) is 9.72. The zero-order valence-corrected chi connectivity index (χ0v) is 11.7. The standard InChI is InChI=1S/C15H24OS/c1-2-3-4-5-6-7-8-10-13-14(16)11-9-12-15(13)17/h9,11-12,16-17H,2-8,10H2,1H3. The second-order valence-electron chi connectivity index (χ2n) is 4.65. The van der Waals surface area contributed by atoms with Gasteiger partial charge >= 0.3 is 0 Å². The van der Waals surface area contributed by atoms with E-state index in [2.05, 4.69) is 19.6 Å². The predicted molar refractivity (Wildman–Crippen MR) is 77.1 cm³/mol. The fraction of sp³-hybridized carbons (Fsp3) is 0.600. The molecule has 0 amide bonds. The first kappa shape index (κ1) is 14.4. The molecule has 0 aliphatic rings. The Labute approximate surface area is 111 Å². The largest absolute Gasteiger partial charge is 0.508 e. The number of rotatable bonds is 8. The fourth-order valence-electron chi connectivity index (χ4n) is 2.08. The highest BCUT2D eigenvalue weighted by Gasteiger charge is 2.04. The number of phenolic OH excluding ortho intramolecular Hbond substituents is 1. The minimum Gasteiger partial charge on any atom is -0.508 e. The van der Waals surface area contributed by atoms with Gasteiger partial charge in [0, 0.05) is 10.5 Å². The van der Waals surface area contributed by atoms with Crippen LogP contribution in [0.25, 0.3) is 0 Å². The number of thiol groups is 1. The molecule has 0 atom stereocenters. The van der Waals surface area contributed by atoms with Gasteiger partial charge in [0.15, 0.2) is 0 Å². The van der Waals surface area contributed by atoms with Crippen LogP contribution in [-0.2, 0) is 6.42 Å². The van der Waals surface area contributed by atoms with Gasteiger partial charge in [0.05, 0.1) is 0 Å². The second kappa shape index (κ2) is 8.46. The number of hydrogen-bond donors (Lipinski definition) is 2. The topological polar surface area (TPSA) is 20.2 Å². The maximum absolute atomic E-state index is 9.72. The first-order valence-corrected chi connectivity index (χ1v) is 7.20. The predicted octanol–water partition coefficient (Wildman–Crippen LogP) is 4.97. The normalized spacial score (nSPS) is 10.7. The van der Waals surface area contributed by atoms with Gasteiger partial charge in [0.1, 0.15) is 5.75 Å². The molecule has 0 spiro atoms. The molecule has 1 N–H and O–H groups in total. The molecule has 1 aromatic carbocycles. The van der Waals surface area contributed by atoms with Crippen molar-refractivity contribution in [2.75, 3.05) is 0 Å². The number of phenols is 1. The van der Waals surface area contributed by atoms with E-state index >= 15 is 0 Å². The summed E-state index contributed by atoms with van der Waals surface area (Å²) in [5.74, 6) is 0.392. The van der Waals surface area contributed by atoms with E-state index in [0.717, 1.165) is 23.3 Å². The average Bonchev–Trinajstić information content (AvgIpc) is 2.31. The number of hydrogen-bond acceptors (Lipinski definition) is 2. The van der Waals surface area contributed by atoms with Crippen LogP contribution in [0.15, 0.2) is 23.1 Å². The molecule has 0 aliphatic heterocycles. The van der Waals surface area contributed by atoms with Gasteiger partial charge in [-0.3, -0.25) is 0 Å². The molecule has 0 unspecified atom stereocenters. The molecule has 17 heavy (non-hydrogen) atoms. The Morgan fingerprint density at radius 3 is 2.29 bits per heavy atom. The molecule has 0 heterocycles. The summed E-state index contributed by atoms with van der Waals surface area (Å²) in [6.07, 6.45) is 10.0. The molecule has 1 aromatic rings. The highest BCUT2D eigenvalue weighted by Crippen LogP contribution is 2.25. The van der Waals surface area contributed by atoms with E-state index in [1.54, 1.807) is 6.07 Å². The van der Waals surface area contributed by atoms with Gasteiger partial charge < -0.3 is 5.11 Å². The van der Waals surface area contributed by atoms with Gasteiger partial charge in [-0.15, -0.1) is 12.6 Å². The first-order chi connectivity index (χ1) is 8.25. The molecule has 0 fully saturated rings. The van der Waals surface area contributed by atoms with Crippen LogP contribution in [0.1, 0.15) is 57.4 Å². The summed E-state index contributed by atoms with van der Waals surface area (Å²) in [6.45, 7) is 2.24. The molecule has 0 aromatic heterocycles. The maximum Gasteiger partial charge on any atom is 0.119 e. The van der Waals surface area contributed by atoms with Crippen molar-refractivity contribution in [2.24, 2.45) is 0 Å². The average molecular weight is 252 g/mol. The quantitative estimate of drug-likeness (QED) is 0.494. The van der Waals surface area contributed by atoms with Crippen molar-refractivity contribution in [1.82, 2.24) is 0 Å². The minimum absolute atomic E-state index is 0.392. The van der Waals surface area contributed by atoms with Crippen molar-refractivity contribution in [2.45, 2.75) is 63.2 Å². The summed E-state index contributed by atoms with van der Waals surface area (Å²) in [7, 11) is 0. The van der Waals surface area contributed by atoms with Crippen LogP contribution in [0, 0.1) is 0 Å². The van der Waals surface area contributed by atoms with Crippen molar-refractivity contribution in [3.8, 4) is 5.75 Å². The van der Waals surface area contributed by atoms with Crippen LogP contribution in [-0.4, -0.2) is 5.11 Å². The van der Waals surface area contributed by atoms with E-state index in [1.165, 1.54) is 38.5 Å².